The Morgan fingerprint density at radius 3 is 2.08 bits per heavy atom. The van der Waals surface area contributed by atoms with Gasteiger partial charge in [-0.1, -0.05) is 48.8 Å². The van der Waals surface area contributed by atoms with E-state index in [1.54, 1.807) is 12.1 Å². The summed E-state index contributed by atoms with van der Waals surface area (Å²) in [6.45, 7) is 6.36. The van der Waals surface area contributed by atoms with Crippen LogP contribution in [0, 0.1) is 0 Å². The number of anilines is 1. The van der Waals surface area contributed by atoms with E-state index in [0.717, 1.165) is 4.47 Å². The van der Waals surface area contributed by atoms with E-state index in [0.29, 0.717) is 5.69 Å². The van der Waals surface area contributed by atoms with E-state index >= 15 is 0 Å². The van der Waals surface area contributed by atoms with Gasteiger partial charge in [0.15, 0.2) is 9.84 Å². The third-order valence-corrected chi connectivity index (χ3v) is 6.07. The molecular formula is C19H22BrNO3S. The lowest BCUT2D eigenvalue weighted by Crippen LogP contribution is -2.17. The van der Waals surface area contributed by atoms with Gasteiger partial charge in [-0.25, -0.2) is 8.42 Å². The van der Waals surface area contributed by atoms with Crippen LogP contribution in [0.5, 0.6) is 0 Å². The minimum Gasteiger partial charge on any atom is -0.326 e. The van der Waals surface area contributed by atoms with Crippen molar-refractivity contribution in [1.29, 1.82) is 0 Å². The van der Waals surface area contributed by atoms with Crippen molar-refractivity contribution >= 4 is 37.4 Å². The molecule has 0 unspecified atom stereocenters. The predicted molar refractivity (Wildman–Crippen MR) is 105 cm³/mol. The standard InChI is InChI=1S/C19H22BrNO3S/c1-19(2,3)14-4-8-16(9-5-14)21-18(22)12-13-25(23,24)17-10-6-15(20)7-11-17/h4-11H,12-13H2,1-3H3,(H,21,22). The third-order valence-electron chi connectivity index (χ3n) is 3.81. The van der Waals surface area contributed by atoms with E-state index in [1.807, 2.05) is 24.3 Å². The lowest BCUT2D eigenvalue weighted by atomic mass is 9.87. The average Bonchev–Trinajstić information content (AvgIpc) is 2.53. The Hall–Kier alpha value is -1.66. The van der Waals surface area contributed by atoms with Crippen molar-refractivity contribution in [2.24, 2.45) is 0 Å². The molecule has 1 amide bonds. The minimum atomic E-state index is -3.47. The highest BCUT2D eigenvalue weighted by atomic mass is 79.9. The molecule has 6 heteroatoms. The van der Waals surface area contributed by atoms with Crippen molar-refractivity contribution in [3.05, 3.63) is 58.6 Å². The Kier molecular flexibility index (Phi) is 6.06. The number of sulfone groups is 1. The maximum Gasteiger partial charge on any atom is 0.225 e. The van der Waals surface area contributed by atoms with Crippen LogP contribution in [0.3, 0.4) is 0 Å². The van der Waals surface area contributed by atoms with Crippen molar-refractivity contribution in [2.45, 2.75) is 37.5 Å². The van der Waals surface area contributed by atoms with E-state index in [2.05, 4.69) is 42.0 Å². The molecular weight excluding hydrogens is 402 g/mol. The van der Waals surface area contributed by atoms with Gasteiger partial charge >= 0.3 is 0 Å². The second kappa shape index (κ2) is 7.70. The van der Waals surface area contributed by atoms with Crippen molar-refractivity contribution in [3.8, 4) is 0 Å². The molecule has 0 fully saturated rings. The SMILES string of the molecule is CC(C)(C)c1ccc(NC(=O)CCS(=O)(=O)c2ccc(Br)cc2)cc1. The Morgan fingerprint density at radius 1 is 1.00 bits per heavy atom. The molecule has 0 aliphatic heterocycles. The fourth-order valence-corrected chi connectivity index (χ4v) is 3.77. The molecule has 0 aliphatic rings. The van der Waals surface area contributed by atoms with Gasteiger partial charge in [-0.3, -0.25) is 4.79 Å². The number of hydrogen-bond donors (Lipinski definition) is 1. The van der Waals surface area contributed by atoms with Crippen molar-refractivity contribution in [2.75, 3.05) is 11.1 Å². The predicted octanol–water partition coefficient (Wildman–Crippen LogP) is 4.55. The van der Waals surface area contributed by atoms with Crippen LogP contribution >= 0.6 is 15.9 Å². The molecule has 2 aromatic carbocycles. The van der Waals surface area contributed by atoms with E-state index < -0.39 is 9.84 Å². The molecule has 0 aliphatic carbocycles. The van der Waals surface area contributed by atoms with Gasteiger partial charge in [0.05, 0.1) is 10.6 Å². The zero-order chi connectivity index (χ0) is 18.7. The molecule has 134 valence electrons. The first-order chi connectivity index (χ1) is 11.6. The quantitative estimate of drug-likeness (QED) is 0.766. The number of benzene rings is 2. The Labute approximate surface area is 157 Å². The normalized spacial score (nSPS) is 12.0. The second-order valence-corrected chi connectivity index (χ2v) is 9.92. The van der Waals surface area contributed by atoms with Crippen molar-refractivity contribution in [3.63, 3.8) is 0 Å². The average molecular weight is 424 g/mol. The largest absolute Gasteiger partial charge is 0.326 e. The van der Waals surface area contributed by atoms with Crippen LogP contribution in [-0.2, 0) is 20.0 Å². The number of nitrogens with one attached hydrogen (secondary N) is 1. The van der Waals surface area contributed by atoms with Crippen LogP contribution in [0.2, 0.25) is 0 Å². The Morgan fingerprint density at radius 2 is 1.56 bits per heavy atom. The fourth-order valence-electron chi connectivity index (χ4n) is 2.26. The molecule has 0 saturated heterocycles. The molecule has 2 aromatic rings. The highest BCUT2D eigenvalue weighted by Crippen LogP contribution is 2.23. The minimum absolute atomic E-state index is 0.0430. The third kappa shape index (κ3) is 5.68. The number of hydrogen-bond acceptors (Lipinski definition) is 3. The van der Waals surface area contributed by atoms with Crippen LogP contribution in [-0.4, -0.2) is 20.1 Å². The number of rotatable bonds is 5. The summed E-state index contributed by atoms with van der Waals surface area (Å²) in [6, 6.07) is 14.0. The van der Waals surface area contributed by atoms with Gasteiger partial charge in [-0.2, -0.15) is 0 Å². The first-order valence-corrected chi connectivity index (χ1v) is 10.4. The maximum absolute atomic E-state index is 12.3. The second-order valence-electron chi connectivity index (χ2n) is 6.90. The molecule has 0 spiro atoms. The summed E-state index contributed by atoms with van der Waals surface area (Å²) in [4.78, 5) is 12.3. The first kappa shape index (κ1) is 19.7. The number of amides is 1. The molecule has 0 bridgehead atoms. The van der Waals surface area contributed by atoms with Gasteiger partial charge in [0.1, 0.15) is 0 Å². The summed E-state index contributed by atoms with van der Waals surface area (Å²) in [6.07, 6.45) is -0.0839. The highest BCUT2D eigenvalue weighted by molar-refractivity contribution is 9.10. The first-order valence-electron chi connectivity index (χ1n) is 7.97. The zero-order valence-corrected chi connectivity index (χ0v) is 16.9. The molecule has 0 atom stereocenters. The Balaban J connectivity index is 1.95. The van der Waals surface area contributed by atoms with Gasteiger partial charge in [0.25, 0.3) is 0 Å². The summed E-state index contributed by atoms with van der Waals surface area (Å²) < 4.78 is 25.3. The summed E-state index contributed by atoms with van der Waals surface area (Å²) >= 11 is 3.27. The summed E-state index contributed by atoms with van der Waals surface area (Å²) in [5.74, 6) is -0.537. The monoisotopic (exact) mass is 423 g/mol. The topological polar surface area (TPSA) is 63.2 Å². The summed E-state index contributed by atoms with van der Waals surface area (Å²) in [5, 5.41) is 2.74. The smallest absolute Gasteiger partial charge is 0.225 e. The molecule has 0 heterocycles. The van der Waals surface area contributed by atoms with Gasteiger partial charge in [-0.05, 0) is 47.4 Å². The Bertz CT molecular complexity index is 836. The molecule has 25 heavy (non-hydrogen) atoms. The van der Waals surface area contributed by atoms with Crippen molar-refractivity contribution in [1.82, 2.24) is 0 Å². The van der Waals surface area contributed by atoms with E-state index in [-0.39, 0.29) is 28.4 Å². The molecule has 0 saturated carbocycles. The van der Waals surface area contributed by atoms with Crippen LogP contribution in [0.25, 0.3) is 0 Å². The van der Waals surface area contributed by atoms with E-state index in [4.69, 9.17) is 0 Å². The van der Waals surface area contributed by atoms with Crippen LogP contribution < -0.4 is 5.32 Å². The van der Waals surface area contributed by atoms with E-state index in [9.17, 15) is 13.2 Å². The van der Waals surface area contributed by atoms with Crippen LogP contribution in [0.1, 0.15) is 32.8 Å². The van der Waals surface area contributed by atoms with Gasteiger partial charge in [-0.15, -0.1) is 0 Å². The molecule has 1 N–H and O–H groups in total. The molecule has 0 aromatic heterocycles. The van der Waals surface area contributed by atoms with Crippen LogP contribution in [0.4, 0.5) is 5.69 Å². The fraction of sp³-hybridized carbons (Fsp3) is 0.316. The van der Waals surface area contributed by atoms with E-state index in [1.165, 1.54) is 17.7 Å². The van der Waals surface area contributed by atoms with Gasteiger partial charge < -0.3 is 5.32 Å². The molecule has 2 rings (SSSR count). The molecule has 0 radical (unpaired) electrons. The lowest BCUT2D eigenvalue weighted by Gasteiger charge is -2.19. The van der Waals surface area contributed by atoms with Crippen LogP contribution in [0.15, 0.2) is 57.9 Å². The zero-order valence-electron chi connectivity index (χ0n) is 14.5. The number of halogens is 1. The number of carbonyl (C=O) groups excluding carboxylic acids is 1. The summed E-state index contributed by atoms with van der Waals surface area (Å²) in [5.41, 5.74) is 1.88. The lowest BCUT2D eigenvalue weighted by molar-refractivity contribution is -0.115. The summed E-state index contributed by atoms with van der Waals surface area (Å²) in [7, 11) is -3.47. The van der Waals surface area contributed by atoms with Gasteiger partial charge in [0, 0.05) is 16.6 Å². The van der Waals surface area contributed by atoms with Crippen molar-refractivity contribution < 1.29 is 13.2 Å². The number of carbonyl (C=O) groups is 1. The molecule has 4 nitrogen and oxygen atoms in total. The van der Waals surface area contributed by atoms with Gasteiger partial charge in [0.2, 0.25) is 5.91 Å². The maximum atomic E-state index is 12.3. The highest BCUT2D eigenvalue weighted by Gasteiger charge is 2.17.